The molecule has 0 radical (unpaired) electrons. The van der Waals surface area contributed by atoms with Gasteiger partial charge in [-0.2, -0.15) is 13.2 Å². The van der Waals surface area contributed by atoms with Crippen LogP contribution in [-0.2, 0) is 6.18 Å². The van der Waals surface area contributed by atoms with Crippen LogP contribution in [-0.4, -0.2) is 0 Å². The van der Waals surface area contributed by atoms with Gasteiger partial charge in [0.15, 0.2) is 0 Å². The molecule has 0 fully saturated rings. The first-order valence-corrected chi connectivity index (χ1v) is 5.94. The molecule has 4 heteroatoms. The van der Waals surface area contributed by atoms with Crippen molar-refractivity contribution in [1.82, 2.24) is 0 Å². The quantitative estimate of drug-likeness (QED) is 0.635. The van der Waals surface area contributed by atoms with Gasteiger partial charge in [0, 0.05) is 5.02 Å². The Balaban J connectivity index is 2.13. The van der Waals surface area contributed by atoms with E-state index >= 15 is 0 Å². The second kappa shape index (κ2) is 5.49. The minimum Gasteiger partial charge on any atom is -0.166 e. The standard InChI is InChI=1S/C15H10ClF3/c16-14-9-5-12(6-10-14)2-1-11-3-7-13(8-4-11)15(17,18)19/h1-10H/b2-1+. The third-order valence-electron chi connectivity index (χ3n) is 2.58. The van der Waals surface area contributed by atoms with Crippen molar-refractivity contribution < 1.29 is 13.2 Å². The first kappa shape index (κ1) is 13.7. The Kier molecular flexibility index (Phi) is 3.96. The third-order valence-corrected chi connectivity index (χ3v) is 2.83. The number of rotatable bonds is 2. The summed E-state index contributed by atoms with van der Waals surface area (Å²) >= 11 is 5.76. The van der Waals surface area contributed by atoms with Gasteiger partial charge in [0.05, 0.1) is 5.56 Å². The van der Waals surface area contributed by atoms with E-state index in [0.717, 1.165) is 17.7 Å². The Morgan fingerprint density at radius 3 is 1.58 bits per heavy atom. The Bertz CT molecular complexity index is 566. The zero-order valence-corrected chi connectivity index (χ0v) is 10.5. The second-order valence-electron chi connectivity index (χ2n) is 4.00. The molecule has 0 atom stereocenters. The molecular formula is C15H10ClF3. The van der Waals surface area contributed by atoms with Crippen LogP contribution in [0.3, 0.4) is 0 Å². The fourth-order valence-electron chi connectivity index (χ4n) is 1.55. The van der Waals surface area contributed by atoms with Gasteiger partial charge in [-0.25, -0.2) is 0 Å². The Morgan fingerprint density at radius 2 is 1.16 bits per heavy atom. The van der Waals surface area contributed by atoms with E-state index in [9.17, 15) is 13.2 Å². The van der Waals surface area contributed by atoms with Gasteiger partial charge in [-0.1, -0.05) is 48.0 Å². The van der Waals surface area contributed by atoms with Gasteiger partial charge in [-0.15, -0.1) is 0 Å². The van der Waals surface area contributed by atoms with Crippen molar-refractivity contribution in [2.45, 2.75) is 6.18 Å². The molecule has 19 heavy (non-hydrogen) atoms. The molecule has 0 saturated carbocycles. The van der Waals surface area contributed by atoms with E-state index in [4.69, 9.17) is 11.6 Å². The van der Waals surface area contributed by atoms with Gasteiger partial charge >= 0.3 is 6.18 Å². The Morgan fingerprint density at radius 1 is 0.737 bits per heavy atom. The van der Waals surface area contributed by atoms with Crippen LogP contribution in [0, 0.1) is 0 Å². The van der Waals surface area contributed by atoms with Crippen molar-refractivity contribution in [2.75, 3.05) is 0 Å². The van der Waals surface area contributed by atoms with Crippen molar-refractivity contribution in [3.8, 4) is 0 Å². The Hall–Kier alpha value is -1.74. The fraction of sp³-hybridized carbons (Fsp3) is 0.0667. The summed E-state index contributed by atoms with van der Waals surface area (Å²) in [5, 5.41) is 0.645. The van der Waals surface area contributed by atoms with Crippen molar-refractivity contribution in [3.05, 3.63) is 70.2 Å². The molecule has 2 aromatic carbocycles. The number of halogens is 4. The number of hydrogen-bond acceptors (Lipinski definition) is 0. The Labute approximate surface area is 114 Å². The summed E-state index contributed by atoms with van der Waals surface area (Å²) < 4.78 is 37.1. The average Bonchev–Trinajstić information content (AvgIpc) is 2.37. The third kappa shape index (κ3) is 3.86. The lowest BCUT2D eigenvalue weighted by Crippen LogP contribution is -2.03. The highest BCUT2D eigenvalue weighted by Crippen LogP contribution is 2.29. The molecule has 0 unspecified atom stereocenters. The lowest BCUT2D eigenvalue weighted by Gasteiger charge is -2.05. The van der Waals surface area contributed by atoms with Crippen LogP contribution in [0.2, 0.25) is 5.02 Å². The number of alkyl halides is 3. The van der Waals surface area contributed by atoms with Gasteiger partial charge in [0.25, 0.3) is 0 Å². The molecule has 98 valence electrons. The largest absolute Gasteiger partial charge is 0.416 e. The number of benzene rings is 2. The zero-order valence-electron chi connectivity index (χ0n) is 9.79. The van der Waals surface area contributed by atoms with Gasteiger partial charge in [0.1, 0.15) is 0 Å². The summed E-state index contributed by atoms with van der Waals surface area (Å²) in [6.45, 7) is 0. The SMILES string of the molecule is FC(F)(F)c1ccc(/C=C/c2ccc(Cl)cc2)cc1. The molecular weight excluding hydrogens is 273 g/mol. The van der Waals surface area contributed by atoms with Gasteiger partial charge in [-0.3, -0.25) is 0 Å². The summed E-state index contributed by atoms with van der Waals surface area (Å²) in [4.78, 5) is 0. The van der Waals surface area contributed by atoms with E-state index in [-0.39, 0.29) is 0 Å². The molecule has 2 rings (SSSR count). The van der Waals surface area contributed by atoms with Crippen LogP contribution in [0.1, 0.15) is 16.7 Å². The van der Waals surface area contributed by atoms with E-state index in [1.54, 1.807) is 18.2 Å². The molecule has 0 N–H and O–H groups in total. The molecule has 0 spiro atoms. The maximum absolute atomic E-state index is 12.4. The molecule has 0 nitrogen and oxygen atoms in total. The number of hydrogen-bond donors (Lipinski definition) is 0. The lowest BCUT2D eigenvalue weighted by molar-refractivity contribution is -0.137. The van der Waals surface area contributed by atoms with E-state index in [2.05, 4.69) is 0 Å². The highest BCUT2D eigenvalue weighted by molar-refractivity contribution is 6.30. The zero-order chi connectivity index (χ0) is 13.9. The van der Waals surface area contributed by atoms with E-state index in [0.29, 0.717) is 10.6 Å². The summed E-state index contributed by atoms with van der Waals surface area (Å²) in [7, 11) is 0. The van der Waals surface area contributed by atoms with Crippen LogP contribution >= 0.6 is 11.6 Å². The predicted octanol–water partition coefficient (Wildman–Crippen LogP) is 5.53. The first-order chi connectivity index (χ1) is 8.95. The lowest BCUT2D eigenvalue weighted by atomic mass is 10.1. The summed E-state index contributed by atoms with van der Waals surface area (Å²) in [5.74, 6) is 0. The summed E-state index contributed by atoms with van der Waals surface area (Å²) in [6.07, 6.45) is -0.721. The molecule has 0 aliphatic rings. The van der Waals surface area contributed by atoms with Gasteiger partial charge in [-0.05, 0) is 35.4 Å². The van der Waals surface area contributed by atoms with Crippen molar-refractivity contribution >= 4 is 23.8 Å². The molecule has 2 aromatic rings. The van der Waals surface area contributed by atoms with Crippen LogP contribution in [0.5, 0.6) is 0 Å². The minimum absolute atomic E-state index is 0.642. The maximum Gasteiger partial charge on any atom is 0.416 e. The van der Waals surface area contributed by atoms with Crippen LogP contribution in [0.4, 0.5) is 13.2 Å². The normalized spacial score (nSPS) is 12.0. The first-order valence-electron chi connectivity index (χ1n) is 5.56. The van der Waals surface area contributed by atoms with Crippen LogP contribution < -0.4 is 0 Å². The smallest absolute Gasteiger partial charge is 0.166 e. The van der Waals surface area contributed by atoms with Crippen LogP contribution in [0.15, 0.2) is 48.5 Å². The average molecular weight is 283 g/mol. The molecule has 0 amide bonds. The highest BCUT2D eigenvalue weighted by Gasteiger charge is 2.29. The topological polar surface area (TPSA) is 0 Å². The van der Waals surface area contributed by atoms with Gasteiger partial charge in [0.2, 0.25) is 0 Å². The molecule has 0 aliphatic carbocycles. The maximum atomic E-state index is 12.4. The molecule has 0 bridgehead atoms. The predicted molar refractivity (Wildman–Crippen MR) is 71.8 cm³/mol. The minimum atomic E-state index is -4.29. The van der Waals surface area contributed by atoms with Crippen LogP contribution in [0.25, 0.3) is 12.2 Å². The summed E-state index contributed by atoms with van der Waals surface area (Å²) in [5.41, 5.74) is 1.00. The molecule has 0 saturated heterocycles. The van der Waals surface area contributed by atoms with Crippen molar-refractivity contribution in [1.29, 1.82) is 0 Å². The van der Waals surface area contributed by atoms with Gasteiger partial charge < -0.3 is 0 Å². The van der Waals surface area contributed by atoms with E-state index < -0.39 is 11.7 Å². The summed E-state index contributed by atoms with van der Waals surface area (Å²) in [6, 6.07) is 12.2. The fourth-order valence-corrected chi connectivity index (χ4v) is 1.68. The van der Waals surface area contributed by atoms with E-state index in [1.807, 2.05) is 18.2 Å². The molecule has 0 aliphatic heterocycles. The molecule has 0 heterocycles. The van der Waals surface area contributed by atoms with Crippen molar-refractivity contribution in [2.24, 2.45) is 0 Å². The second-order valence-corrected chi connectivity index (χ2v) is 4.44. The van der Waals surface area contributed by atoms with E-state index in [1.165, 1.54) is 12.1 Å². The molecule has 0 aromatic heterocycles. The van der Waals surface area contributed by atoms with Crippen molar-refractivity contribution in [3.63, 3.8) is 0 Å². The highest BCUT2D eigenvalue weighted by atomic mass is 35.5. The monoisotopic (exact) mass is 282 g/mol.